The third-order valence-corrected chi connectivity index (χ3v) is 6.93. The van der Waals surface area contributed by atoms with Crippen LogP contribution in [-0.2, 0) is 4.74 Å². The van der Waals surface area contributed by atoms with Crippen LogP contribution in [0, 0.1) is 18.6 Å². The fourth-order valence-corrected chi connectivity index (χ4v) is 5.00. The molecule has 5 rings (SSSR count). The number of H-pyrrole nitrogens is 1. The van der Waals surface area contributed by atoms with Crippen LogP contribution in [0.2, 0.25) is 0 Å². The lowest BCUT2D eigenvalue weighted by Gasteiger charge is -2.40. The number of halogens is 2. The summed E-state index contributed by atoms with van der Waals surface area (Å²) in [6, 6.07) is 9.12. The quantitative estimate of drug-likeness (QED) is 0.617. The lowest BCUT2D eigenvalue weighted by atomic mass is 9.98. The van der Waals surface area contributed by atoms with Gasteiger partial charge in [0.25, 0.3) is 5.91 Å². The van der Waals surface area contributed by atoms with E-state index in [0.717, 1.165) is 57.1 Å². The summed E-state index contributed by atoms with van der Waals surface area (Å²) >= 11 is 0. The monoisotopic (exact) mass is 454 g/mol. The molecule has 0 bridgehead atoms. The highest BCUT2D eigenvalue weighted by Gasteiger charge is 2.39. The van der Waals surface area contributed by atoms with E-state index in [2.05, 4.69) is 27.0 Å². The number of carbonyl (C=O) groups excluding carboxylic acids is 1. The first-order valence-electron chi connectivity index (χ1n) is 11.3. The Labute approximate surface area is 191 Å². The lowest BCUT2D eigenvalue weighted by Crippen LogP contribution is -2.53. The fraction of sp³-hybridized carbons (Fsp3) is 0.400. The predicted octanol–water partition coefficient (Wildman–Crippen LogP) is 4.31. The highest BCUT2D eigenvalue weighted by atomic mass is 19.1. The van der Waals surface area contributed by atoms with Gasteiger partial charge in [0.1, 0.15) is 17.3 Å². The van der Waals surface area contributed by atoms with E-state index in [4.69, 9.17) is 4.74 Å². The molecule has 2 saturated heterocycles. The summed E-state index contributed by atoms with van der Waals surface area (Å²) < 4.78 is 34.1. The minimum absolute atomic E-state index is 0.00575. The number of benzene rings is 2. The number of anilines is 2. The highest BCUT2D eigenvalue weighted by Crippen LogP contribution is 2.33. The van der Waals surface area contributed by atoms with Crippen molar-refractivity contribution in [2.45, 2.75) is 25.8 Å². The van der Waals surface area contributed by atoms with Crippen LogP contribution in [0.25, 0.3) is 10.9 Å². The number of carbonyl (C=O) groups is 1. The molecule has 174 valence electrons. The molecule has 2 aliphatic rings. The number of hydrogen-bond acceptors (Lipinski definition) is 4. The zero-order chi connectivity index (χ0) is 23.2. The Bertz CT molecular complexity index is 1170. The molecule has 1 atom stereocenters. The summed E-state index contributed by atoms with van der Waals surface area (Å²) in [6.07, 6.45) is 0.977. The minimum Gasteiger partial charge on any atom is -0.379 e. The van der Waals surface area contributed by atoms with E-state index >= 15 is 0 Å². The zero-order valence-electron chi connectivity index (χ0n) is 18.9. The van der Waals surface area contributed by atoms with Crippen molar-refractivity contribution in [2.75, 3.05) is 49.6 Å². The van der Waals surface area contributed by atoms with Gasteiger partial charge in [0, 0.05) is 48.5 Å². The van der Waals surface area contributed by atoms with Gasteiger partial charge < -0.3 is 19.9 Å². The average molecular weight is 455 g/mol. The maximum absolute atomic E-state index is 14.5. The Hall–Kier alpha value is -2.97. The number of fused-ring (bicyclic) bond motifs is 1. The molecule has 6 nitrogen and oxygen atoms in total. The number of nitrogens with one attached hydrogen (secondary N) is 2. The third-order valence-electron chi connectivity index (χ3n) is 6.93. The molecule has 2 fully saturated rings. The molecule has 2 N–H and O–H groups in total. The smallest absolute Gasteiger partial charge is 0.272 e. The van der Waals surface area contributed by atoms with Gasteiger partial charge in [0.15, 0.2) is 0 Å². The Morgan fingerprint density at radius 1 is 1.12 bits per heavy atom. The lowest BCUT2D eigenvalue weighted by molar-refractivity contribution is -0.00887. The number of nitrogens with zero attached hydrogens (tertiary/aromatic N) is 2. The maximum atomic E-state index is 14.5. The molecule has 1 aromatic heterocycles. The molecule has 8 heteroatoms. The SMILES string of the molecule is Cc1ccc(F)c2cc(C(=O)Nc3cc(F)cc(N4CCC(C)(N5CCOCC5)C4)c3)[nH]c12. The highest BCUT2D eigenvalue weighted by molar-refractivity contribution is 6.06. The van der Waals surface area contributed by atoms with E-state index in [0.29, 0.717) is 16.6 Å². The van der Waals surface area contributed by atoms with Crippen molar-refractivity contribution in [1.82, 2.24) is 9.88 Å². The van der Waals surface area contributed by atoms with Gasteiger partial charge in [-0.2, -0.15) is 0 Å². The first-order valence-corrected chi connectivity index (χ1v) is 11.3. The molecule has 33 heavy (non-hydrogen) atoms. The predicted molar refractivity (Wildman–Crippen MR) is 125 cm³/mol. The molecule has 2 aromatic carbocycles. The van der Waals surface area contributed by atoms with Crippen LogP contribution < -0.4 is 10.2 Å². The van der Waals surface area contributed by atoms with Crippen LogP contribution in [0.1, 0.15) is 29.4 Å². The first-order chi connectivity index (χ1) is 15.8. The van der Waals surface area contributed by atoms with Crippen LogP contribution in [0.3, 0.4) is 0 Å². The van der Waals surface area contributed by atoms with Gasteiger partial charge in [-0.1, -0.05) is 6.07 Å². The van der Waals surface area contributed by atoms with Crippen LogP contribution in [0.4, 0.5) is 20.2 Å². The molecule has 3 heterocycles. The number of amides is 1. The minimum atomic E-state index is -0.443. The zero-order valence-corrected chi connectivity index (χ0v) is 18.9. The van der Waals surface area contributed by atoms with Gasteiger partial charge in [-0.25, -0.2) is 8.78 Å². The normalized spacial score (nSPS) is 21.6. The molecule has 0 saturated carbocycles. The van der Waals surface area contributed by atoms with Crippen LogP contribution >= 0.6 is 0 Å². The second-order valence-corrected chi connectivity index (χ2v) is 9.26. The Kier molecular flexibility index (Phi) is 5.58. The second kappa shape index (κ2) is 8.43. The van der Waals surface area contributed by atoms with Crippen molar-refractivity contribution in [1.29, 1.82) is 0 Å². The Balaban J connectivity index is 1.34. The summed E-state index contributed by atoms with van der Waals surface area (Å²) in [5.74, 6) is -1.25. The van der Waals surface area contributed by atoms with Crippen molar-refractivity contribution in [3.8, 4) is 0 Å². The molecule has 0 spiro atoms. The summed E-state index contributed by atoms with van der Waals surface area (Å²) in [4.78, 5) is 20.4. The molecular weight excluding hydrogens is 426 g/mol. The van der Waals surface area contributed by atoms with Gasteiger partial charge in [0.05, 0.1) is 18.7 Å². The molecule has 1 unspecified atom stereocenters. The molecule has 0 aliphatic carbocycles. The van der Waals surface area contributed by atoms with E-state index in [1.54, 1.807) is 12.1 Å². The Morgan fingerprint density at radius 3 is 2.67 bits per heavy atom. The molecule has 3 aromatic rings. The van der Waals surface area contributed by atoms with E-state index in [9.17, 15) is 13.6 Å². The summed E-state index contributed by atoms with van der Waals surface area (Å²) in [6.45, 7) is 8.97. The van der Waals surface area contributed by atoms with E-state index in [1.165, 1.54) is 24.3 Å². The van der Waals surface area contributed by atoms with Gasteiger partial charge >= 0.3 is 0 Å². The van der Waals surface area contributed by atoms with E-state index < -0.39 is 17.5 Å². The summed E-state index contributed by atoms with van der Waals surface area (Å²) in [5.41, 5.74) is 2.76. The fourth-order valence-electron chi connectivity index (χ4n) is 5.00. The number of aromatic amines is 1. The van der Waals surface area contributed by atoms with Crippen molar-refractivity contribution in [2.24, 2.45) is 0 Å². The number of hydrogen-bond donors (Lipinski definition) is 2. The number of aromatic nitrogens is 1. The summed E-state index contributed by atoms with van der Waals surface area (Å²) in [7, 11) is 0. The number of morpholine rings is 1. The van der Waals surface area contributed by atoms with E-state index in [1.807, 2.05) is 6.92 Å². The average Bonchev–Trinajstić information content (AvgIpc) is 3.43. The molecule has 1 amide bonds. The molecular formula is C25H28F2N4O2. The van der Waals surface area contributed by atoms with Crippen molar-refractivity contribution in [3.05, 3.63) is 59.3 Å². The van der Waals surface area contributed by atoms with Crippen molar-refractivity contribution in [3.63, 3.8) is 0 Å². The molecule has 2 aliphatic heterocycles. The van der Waals surface area contributed by atoms with Crippen molar-refractivity contribution >= 4 is 28.2 Å². The van der Waals surface area contributed by atoms with Crippen molar-refractivity contribution < 1.29 is 18.3 Å². The second-order valence-electron chi connectivity index (χ2n) is 9.26. The third kappa shape index (κ3) is 4.20. The van der Waals surface area contributed by atoms with Gasteiger partial charge in [-0.3, -0.25) is 9.69 Å². The first kappa shape index (κ1) is 21.9. The van der Waals surface area contributed by atoms with E-state index in [-0.39, 0.29) is 11.2 Å². The number of aryl methyl sites for hydroxylation is 1. The van der Waals surface area contributed by atoms with Crippen LogP contribution in [0.5, 0.6) is 0 Å². The van der Waals surface area contributed by atoms with Crippen LogP contribution in [-0.4, -0.2) is 60.7 Å². The largest absolute Gasteiger partial charge is 0.379 e. The number of ether oxygens (including phenoxy) is 1. The summed E-state index contributed by atoms with van der Waals surface area (Å²) in [5, 5.41) is 3.12. The molecule has 0 radical (unpaired) electrons. The van der Waals surface area contributed by atoms with Gasteiger partial charge in [-0.15, -0.1) is 0 Å². The van der Waals surface area contributed by atoms with Gasteiger partial charge in [0.2, 0.25) is 0 Å². The Morgan fingerprint density at radius 2 is 1.91 bits per heavy atom. The maximum Gasteiger partial charge on any atom is 0.272 e. The number of rotatable bonds is 4. The van der Waals surface area contributed by atoms with Crippen LogP contribution in [0.15, 0.2) is 36.4 Å². The topological polar surface area (TPSA) is 60.6 Å². The standard InChI is InChI=1S/C25H28F2N4O2/c1-16-3-4-21(27)20-14-22(29-23(16)20)24(32)28-18-11-17(26)12-19(13-18)30-6-5-25(2,15-30)31-7-9-33-10-8-31/h3-4,11-14,29H,5-10,15H2,1-2H3,(H,28,32). The van der Waals surface area contributed by atoms with Gasteiger partial charge in [-0.05, 0) is 56.2 Å².